The molecule has 0 radical (unpaired) electrons. The van der Waals surface area contributed by atoms with Crippen molar-refractivity contribution in [3.8, 4) is 5.75 Å². The van der Waals surface area contributed by atoms with Gasteiger partial charge in [0, 0.05) is 35.5 Å². The summed E-state index contributed by atoms with van der Waals surface area (Å²) in [6, 6.07) is 19.1. The van der Waals surface area contributed by atoms with E-state index in [4.69, 9.17) is 4.74 Å². The number of amides is 1. The molecule has 2 aromatic carbocycles. The minimum atomic E-state index is -0.283. The van der Waals surface area contributed by atoms with Crippen molar-refractivity contribution in [2.75, 3.05) is 24.3 Å². The zero-order valence-electron chi connectivity index (χ0n) is 16.1. The number of hydrogen-bond acceptors (Lipinski definition) is 4. The molecule has 0 spiro atoms. The number of nitrogens with zero attached hydrogens (tertiary/aromatic N) is 1. The van der Waals surface area contributed by atoms with Crippen LogP contribution in [-0.2, 0) is 6.42 Å². The Labute approximate surface area is 168 Å². The molecule has 6 heteroatoms. The molecular weight excluding hydrogens is 364 g/mol. The fourth-order valence-electron chi connectivity index (χ4n) is 3.28. The summed E-state index contributed by atoms with van der Waals surface area (Å²) in [4.78, 5) is 20.1. The van der Waals surface area contributed by atoms with Crippen molar-refractivity contribution < 1.29 is 9.53 Å². The monoisotopic (exact) mass is 386 g/mol. The van der Waals surface area contributed by atoms with Crippen LogP contribution in [0.5, 0.6) is 5.75 Å². The summed E-state index contributed by atoms with van der Waals surface area (Å²) in [5, 5.41) is 7.45. The van der Waals surface area contributed by atoms with Gasteiger partial charge >= 0.3 is 0 Å². The van der Waals surface area contributed by atoms with Crippen LogP contribution in [0, 0.1) is 0 Å². The number of para-hydroxylation sites is 3. The highest BCUT2D eigenvalue weighted by Crippen LogP contribution is 2.24. The molecule has 29 heavy (non-hydrogen) atoms. The highest BCUT2D eigenvalue weighted by Gasteiger charge is 2.11. The molecule has 0 aliphatic carbocycles. The number of pyridine rings is 1. The van der Waals surface area contributed by atoms with Crippen molar-refractivity contribution in [3.63, 3.8) is 0 Å². The topological polar surface area (TPSA) is 79.0 Å². The minimum Gasteiger partial charge on any atom is -0.495 e. The Bertz CT molecular complexity index is 1140. The number of rotatable bonds is 7. The number of nitrogens with one attached hydrogen (secondary N) is 3. The maximum atomic E-state index is 12.6. The number of carbonyl (C=O) groups excluding carboxylic acids is 1. The maximum absolute atomic E-state index is 12.6. The van der Waals surface area contributed by atoms with Crippen LogP contribution in [0.4, 0.5) is 11.4 Å². The van der Waals surface area contributed by atoms with Gasteiger partial charge in [-0.15, -0.1) is 0 Å². The molecule has 4 rings (SSSR count). The highest BCUT2D eigenvalue weighted by atomic mass is 16.5. The molecule has 2 aromatic heterocycles. The normalized spacial score (nSPS) is 10.7. The lowest BCUT2D eigenvalue weighted by molar-refractivity contribution is 0.102. The average molecular weight is 386 g/mol. The number of methoxy groups -OCH3 is 1. The van der Waals surface area contributed by atoms with Gasteiger partial charge in [0.05, 0.1) is 12.8 Å². The third kappa shape index (κ3) is 4.21. The third-order valence-corrected chi connectivity index (χ3v) is 4.75. The van der Waals surface area contributed by atoms with Gasteiger partial charge in [0.25, 0.3) is 5.91 Å². The first-order valence-corrected chi connectivity index (χ1v) is 9.44. The number of anilines is 2. The SMILES string of the molecule is COc1ccccc1NC(=O)c1cc(NCCc2c[nH]c3ccccc23)ccn1. The molecule has 2 heterocycles. The van der Waals surface area contributed by atoms with Gasteiger partial charge in [-0.3, -0.25) is 9.78 Å². The van der Waals surface area contributed by atoms with E-state index in [0.29, 0.717) is 17.1 Å². The molecule has 4 aromatic rings. The predicted molar refractivity (Wildman–Crippen MR) is 116 cm³/mol. The second-order valence-corrected chi connectivity index (χ2v) is 6.62. The van der Waals surface area contributed by atoms with Gasteiger partial charge in [-0.25, -0.2) is 0 Å². The summed E-state index contributed by atoms with van der Waals surface area (Å²) in [6.07, 6.45) is 4.55. The van der Waals surface area contributed by atoms with E-state index in [1.807, 2.05) is 36.5 Å². The molecule has 0 aliphatic rings. The molecular formula is C23H22N4O2. The summed E-state index contributed by atoms with van der Waals surface area (Å²) in [5.41, 5.74) is 4.20. The first kappa shape index (κ1) is 18.6. The second-order valence-electron chi connectivity index (χ2n) is 6.62. The molecule has 0 fully saturated rings. The van der Waals surface area contributed by atoms with Crippen molar-refractivity contribution in [2.45, 2.75) is 6.42 Å². The van der Waals surface area contributed by atoms with Gasteiger partial charge in [0.15, 0.2) is 0 Å². The Balaban J connectivity index is 1.40. The Kier molecular flexibility index (Phi) is 5.42. The van der Waals surface area contributed by atoms with Gasteiger partial charge in [-0.05, 0) is 42.3 Å². The van der Waals surface area contributed by atoms with Crippen LogP contribution in [0.3, 0.4) is 0 Å². The molecule has 0 saturated heterocycles. The highest BCUT2D eigenvalue weighted by molar-refractivity contribution is 6.04. The van der Waals surface area contributed by atoms with E-state index < -0.39 is 0 Å². The zero-order valence-corrected chi connectivity index (χ0v) is 16.1. The molecule has 1 amide bonds. The number of aromatic amines is 1. The van der Waals surface area contributed by atoms with E-state index in [-0.39, 0.29) is 5.91 Å². The van der Waals surface area contributed by atoms with Crippen LogP contribution >= 0.6 is 0 Å². The van der Waals surface area contributed by atoms with E-state index in [2.05, 4.69) is 32.7 Å². The van der Waals surface area contributed by atoms with Crippen molar-refractivity contribution in [1.29, 1.82) is 0 Å². The van der Waals surface area contributed by atoms with E-state index in [1.54, 1.807) is 31.5 Å². The van der Waals surface area contributed by atoms with E-state index in [1.165, 1.54) is 10.9 Å². The Hall–Kier alpha value is -3.80. The van der Waals surface area contributed by atoms with Crippen molar-refractivity contribution in [1.82, 2.24) is 9.97 Å². The van der Waals surface area contributed by atoms with Gasteiger partial charge in [0.2, 0.25) is 0 Å². The Morgan fingerprint density at radius 1 is 1.10 bits per heavy atom. The lowest BCUT2D eigenvalue weighted by Crippen LogP contribution is -2.15. The van der Waals surface area contributed by atoms with Crippen LogP contribution in [-0.4, -0.2) is 29.5 Å². The Morgan fingerprint density at radius 2 is 1.93 bits per heavy atom. The van der Waals surface area contributed by atoms with Gasteiger partial charge in [-0.2, -0.15) is 0 Å². The van der Waals surface area contributed by atoms with Crippen molar-refractivity contribution in [2.24, 2.45) is 0 Å². The molecule has 0 aliphatic heterocycles. The summed E-state index contributed by atoms with van der Waals surface area (Å²) in [5.74, 6) is 0.323. The standard InChI is InChI=1S/C23H22N4O2/c1-29-22-9-5-4-8-20(22)27-23(28)21-14-17(11-13-25-21)24-12-10-16-15-26-19-7-3-2-6-18(16)19/h2-9,11,13-15,26H,10,12H2,1H3,(H,24,25)(H,27,28). The van der Waals surface area contributed by atoms with Gasteiger partial charge in [0.1, 0.15) is 11.4 Å². The zero-order chi connectivity index (χ0) is 20.1. The fourth-order valence-corrected chi connectivity index (χ4v) is 3.28. The number of ether oxygens (including phenoxy) is 1. The molecule has 6 nitrogen and oxygen atoms in total. The number of H-pyrrole nitrogens is 1. The van der Waals surface area contributed by atoms with E-state index in [0.717, 1.165) is 24.2 Å². The quantitative estimate of drug-likeness (QED) is 0.438. The number of fused-ring (bicyclic) bond motifs is 1. The third-order valence-electron chi connectivity index (χ3n) is 4.75. The Morgan fingerprint density at radius 3 is 2.83 bits per heavy atom. The molecule has 0 bridgehead atoms. The number of benzene rings is 2. The minimum absolute atomic E-state index is 0.283. The largest absolute Gasteiger partial charge is 0.495 e. The van der Waals surface area contributed by atoms with Crippen LogP contribution in [0.2, 0.25) is 0 Å². The first-order valence-electron chi connectivity index (χ1n) is 9.44. The lowest BCUT2D eigenvalue weighted by Gasteiger charge is -2.10. The molecule has 0 unspecified atom stereocenters. The molecule has 146 valence electrons. The number of hydrogen-bond donors (Lipinski definition) is 3. The molecule has 3 N–H and O–H groups in total. The van der Waals surface area contributed by atoms with Crippen molar-refractivity contribution in [3.05, 3.63) is 84.3 Å². The summed E-state index contributed by atoms with van der Waals surface area (Å²) in [7, 11) is 1.57. The first-order chi connectivity index (χ1) is 14.2. The van der Waals surface area contributed by atoms with Crippen molar-refractivity contribution >= 4 is 28.2 Å². The smallest absolute Gasteiger partial charge is 0.274 e. The van der Waals surface area contributed by atoms with E-state index in [9.17, 15) is 4.79 Å². The summed E-state index contributed by atoms with van der Waals surface area (Å²) in [6.45, 7) is 0.749. The fraction of sp³-hybridized carbons (Fsp3) is 0.130. The van der Waals surface area contributed by atoms with Crippen LogP contribution in [0.15, 0.2) is 73.1 Å². The number of carbonyl (C=O) groups is 1. The average Bonchev–Trinajstić information content (AvgIpc) is 3.17. The number of aromatic nitrogens is 2. The van der Waals surface area contributed by atoms with Crippen LogP contribution in [0.1, 0.15) is 16.1 Å². The summed E-state index contributed by atoms with van der Waals surface area (Å²) >= 11 is 0. The van der Waals surface area contributed by atoms with E-state index >= 15 is 0 Å². The molecule has 0 saturated carbocycles. The maximum Gasteiger partial charge on any atom is 0.274 e. The predicted octanol–water partition coefficient (Wildman–Crippen LogP) is 4.48. The summed E-state index contributed by atoms with van der Waals surface area (Å²) < 4.78 is 5.27. The van der Waals surface area contributed by atoms with Crippen LogP contribution in [0.25, 0.3) is 10.9 Å². The lowest BCUT2D eigenvalue weighted by atomic mass is 10.1. The van der Waals surface area contributed by atoms with Crippen LogP contribution < -0.4 is 15.4 Å². The van der Waals surface area contributed by atoms with Gasteiger partial charge < -0.3 is 20.4 Å². The second kappa shape index (κ2) is 8.48. The molecule has 0 atom stereocenters. The van der Waals surface area contributed by atoms with Gasteiger partial charge in [-0.1, -0.05) is 30.3 Å².